The van der Waals surface area contributed by atoms with E-state index in [1.165, 1.54) is 18.7 Å². The van der Waals surface area contributed by atoms with Crippen LogP contribution >= 0.6 is 0 Å². The zero-order valence-corrected chi connectivity index (χ0v) is 15.3. The van der Waals surface area contributed by atoms with Crippen molar-refractivity contribution in [2.75, 3.05) is 14.2 Å². The van der Waals surface area contributed by atoms with E-state index in [-0.39, 0.29) is 0 Å². The molecule has 0 unspecified atom stereocenters. The minimum atomic E-state index is -0.426. The lowest BCUT2D eigenvalue weighted by atomic mass is 10.1. The summed E-state index contributed by atoms with van der Waals surface area (Å²) in [5.74, 6) is 0.978. The van der Waals surface area contributed by atoms with Gasteiger partial charge >= 0.3 is 5.97 Å². The van der Waals surface area contributed by atoms with Gasteiger partial charge in [-0.25, -0.2) is 4.79 Å². The number of esters is 1. The van der Waals surface area contributed by atoms with E-state index in [1.54, 1.807) is 7.05 Å². The summed E-state index contributed by atoms with van der Waals surface area (Å²) in [4.78, 5) is 15.6. The van der Waals surface area contributed by atoms with Crippen molar-refractivity contribution in [2.45, 2.75) is 41.0 Å². The van der Waals surface area contributed by atoms with Gasteiger partial charge in [0, 0.05) is 19.0 Å². The van der Waals surface area contributed by atoms with Gasteiger partial charge in [0.05, 0.1) is 13.2 Å². The van der Waals surface area contributed by atoms with Gasteiger partial charge in [-0.05, 0) is 25.0 Å². The number of ether oxygens (including phenoxy) is 2. The third-order valence-electron chi connectivity index (χ3n) is 2.82. The molecule has 0 bridgehead atoms. The van der Waals surface area contributed by atoms with Gasteiger partial charge in [0.1, 0.15) is 5.76 Å². The van der Waals surface area contributed by atoms with Gasteiger partial charge in [-0.15, -0.1) is 0 Å². The van der Waals surface area contributed by atoms with Crippen molar-refractivity contribution >= 4 is 11.9 Å². The lowest BCUT2D eigenvalue weighted by Gasteiger charge is -2.14. The van der Waals surface area contributed by atoms with Gasteiger partial charge in [-0.3, -0.25) is 4.99 Å². The second-order valence-electron chi connectivity index (χ2n) is 5.23. The van der Waals surface area contributed by atoms with Crippen LogP contribution in [0.4, 0.5) is 0 Å². The quantitative estimate of drug-likeness (QED) is 0.264. The number of aliphatic imine (C=N–C) groups is 1. The van der Waals surface area contributed by atoms with Gasteiger partial charge in [0.25, 0.3) is 0 Å². The fourth-order valence-corrected chi connectivity index (χ4v) is 1.78. The lowest BCUT2D eigenvalue weighted by Crippen LogP contribution is -2.10. The molecule has 0 atom stereocenters. The first-order valence-corrected chi connectivity index (χ1v) is 7.96. The summed E-state index contributed by atoms with van der Waals surface area (Å²) in [6.45, 7) is 10.1. The average Bonchev–Trinajstić information content (AvgIpc) is 2.54. The molecule has 0 N–H and O–H groups in total. The van der Waals surface area contributed by atoms with Crippen molar-refractivity contribution in [3.63, 3.8) is 0 Å². The van der Waals surface area contributed by atoms with E-state index in [9.17, 15) is 4.79 Å². The van der Waals surface area contributed by atoms with Gasteiger partial charge in [0.15, 0.2) is 0 Å². The van der Waals surface area contributed by atoms with Gasteiger partial charge in [-0.1, -0.05) is 45.4 Å². The second-order valence-corrected chi connectivity index (χ2v) is 5.23. The molecule has 1 rings (SSSR count). The largest absolute Gasteiger partial charge is 0.466 e. The normalized spacial score (nSPS) is 11.7. The van der Waals surface area contributed by atoms with Crippen molar-refractivity contribution in [2.24, 2.45) is 10.9 Å². The van der Waals surface area contributed by atoms with Gasteiger partial charge in [0.2, 0.25) is 5.90 Å². The fourth-order valence-electron chi connectivity index (χ4n) is 1.78. The van der Waals surface area contributed by atoms with E-state index in [4.69, 9.17) is 4.74 Å². The standard InChI is InChI=1S/C17H23NO3.C2H6/c1-12(2)10-15(11-16(19)20-5)21-17(18-4)14-8-6-13(3)7-9-14;1-2/h6-9,11-12H,10H2,1-5H3;1-2H3/b15-11+,18-17?;. The number of allylic oxidation sites excluding steroid dienone is 1. The summed E-state index contributed by atoms with van der Waals surface area (Å²) in [6.07, 6.45) is 2.01. The third-order valence-corrected chi connectivity index (χ3v) is 2.82. The van der Waals surface area contributed by atoms with E-state index < -0.39 is 5.97 Å². The molecule has 1 aromatic carbocycles. The molecule has 0 amide bonds. The smallest absolute Gasteiger partial charge is 0.333 e. The van der Waals surface area contributed by atoms with Crippen LogP contribution < -0.4 is 0 Å². The first-order chi connectivity index (χ1) is 11.0. The molecule has 0 fully saturated rings. The molecule has 0 radical (unpaired) electrons. The number of carbonyl (C=O) groups excluding carboxylic acids is 1. The number of hydrogen-bond donors (Lipinski definition) is 0. The Morgan fingerprint density at radius 1 is 1.22 bits per heavy atom. The van der Waals surface area contributed by atoms with E-state index in [2.05, 4.69) is 23.6 Å². The highest BCUT2D eigenvalue weighted by atomic mass is 16.5. The molecule has 0 heterocycles. The summed E-state index contributed by atoms with van der Waals surface area (Å²) in [5, 5.41) is 0. The van der Waals surface area contributed by atoms with Crippen LogP contribution in [0.2, 0.25) is 0 Å². The average molecular weight is 319 g/mol. The number of benzene rings is 1. The van der Waals surface area contributed by atoms with Crippen LogP contribution in [0.3, 0.4) is 0 Å². The number of hydrogen-bond acceptors (Lipinski definition) is 4. The Morgan fingerprint density at radius 2 is 1.78 bits per heavy atom. The molecule has 1 aromatic rings. The fraction of sp³-hybridized carbons (Fsp3) is 0.474. The highest BCUT2D eigenvalue weighted by Crippen LogP contribution is 2.16. The second kappa shape index (κ2) is 11.5. The number of methoxy groups -OCH3 is 1. The Kier molecular flexibility index (Phi) is 10.4. The van der Waals surface area contributed by atoms with E-state index in [1.807, 2.05) is 45.0 Å². The SMILES string of the molecule is CC.CN=C(O/C(=C/C(=O)OC)CC(C)C)c1ccc(C)cc1. The summed E-state index contributed by atoms with van der Waals surface area (Å²) >= 11 is 0. The summed E-state index contributed by atoms with van der Waals surface area (Å²) in [7, 11) is 3.01. The number of aryl methyl sites for hydroxylation is 1. The highest BCUT2D eigenvalue weighted by Gasteiger charge is 2.11. The molecule has 128 valence electrons. The van der Waals surface area contributed by atoms with E-state index in [0.29, 0.717) is 24.0 Å². The predicted octanol–water partition coefficient (Wildman–Crippen LogP) is 4.52. The van der Waals surface area contributed by atoms with E-state index >= 15 is 0 Å². The van der Waals surface area contributed by atoms with Gasteiger partial charge < -0.3 is 9.47 Å². The minimum absolute atomic E-state index is 0.358. The molecule has 0 aromatic heterocycles. The van der Waals surface area contributed by atoms with Crippen LogP contribution in [0.5, 0.6) is 0 Å². The zero-order chi connectivity index (χ0) is 17.8. The maximum Gasteiger partial charge on any atom is 0.333 e. The Bertz CT molecular complexity index is 528. The van der Waals surface area contributed by atoms with Crippen LogP contribution in [-0.2, 0) is 14.3 Å². The van der Waals surface area contributed by atoms with Crippen LogP contribution in [0.25, 0.3) is 0 Å². The first kappa shape index (κ1) is 20.9. The first-order valence-electron chi connectivity index (χ1n) is 7.96. The third kappa shape index (κ3) is 8.19. The molecule has 0 spiro atoms. The Balaban J connectivity index is 0.00000232. The molecule has 0 saturated carbocycles. The van der Waals surface area contributed by atoms with Crippen LogP contribution in [-0.4, -0.2) is 26.0 Å². The number of carbonyl (C=O) groups is 1. The Labute approximate surface area is 140 Å². The van der Waals surface area contributed by atoms with Crippen molar-refractivity contribution in [3.8, 4) is 0 Å². The zero-order valence-electron chi connectivity index (χ0n) is 15.3. The Hall–Kier alpha value is -2.10. The van der Waals surface area contributed by atoms with Crippen LogP contribution in [0.1, 0.15) is 45.2 Å². The number of nitrogens with zero attached hydrogens (tertiary/aromatic N) is 1. The van der Waals surface area contributed by atoms with Crippen molar-refractivity contribution in [3.05, 3.63) is 47.2 Å². The molecular weight excluding hydrogens is 290 g/mol. The topological polar surface area (TPSA) is 47.9 Å². The molecule has 4 nitrogen and oxygen atoms in total. The molecule has 0 saturated heterocycles. The molecule has 23 heavy (non-hydrogen) atoms. The molecular formula is C19H29NO3. The molecule has 0 aliphatic carbocycles. The van der Waals surface area contributed by atoms with Crippen molar-refractivity contribution in [1.29, 1.82) is 0 Å². The maximum atomic E-state index is 11.4. The van der Waals surface area contributed by atoms with Gasteiger partial charge in [-0.2, -0.15) is 0 Å². The van der Waals surface area contributed by atoms with Crippen LogP contribution in [0, 0.1) is 12.8 Å². The summed E-state index contributed by atoms with van der Waals surface area (Å²) < 4.78 is 10.5. The summed E-state index contributed by atoms with van der Waals surface area (Å²) in [6, 6.07) is 7.89. The summed E-state index contributed by atoms with van der Waals surface area (Å²) in [5.41, 5.74) is 2.05. The van der Waals surface area contributed by atoms with Crippen molar-refractivity contribution in [1.82, 2.24) is 0 Å². The molecule has 0 aliphatic heterocycles. The minimum Gasteiger partial charge on any atom is -0.466 e. The highest BCUT2D eigenvalue weighted by molar-refractivity contribution is 5.95. The van der Waals surface area contributed by atoms with E-state index in [0.717, 1.165) is 5.56 Å². The van der Waals surface area contributed by atoms with Crippen molar-refractivity contribution < 1.29 is 14.3 Å². The maximum absolute atomic E-state index is 11.4. The molecule has 4 heteroatoms. The Morgan fingerprint density at radius 3 is 2.22 bits per heavy atom. The lowest BCUT2D eigenvalue weighted by molar-refractivity contribution is -0.135. The van der Waals surface area contributed by atoms with Crippen LogP contribution in [0.15, 0.2) is 41.1 Å². The number of rotatable bonds is 5. The predicted molar refractivity (Wildman–Crippen MR) is 95.6 cm³/mol. The molecule has 0 aliphatic rings. The monoisotopic (exact) mass is 319 g/mol.